The van der Waals surface area contributed by atoms with Gasteiger partial charge in [0.05, 0.1) is 0 Å². The second kappa shape index (κ2) is 5.33. The molecular formula is C16H17NO3. The van der Waals surface area contributed by atoms with Gasteiger partial charge in [0.25, 0.3) is 0 Å². The average molecular weight is 271 g/mol. The van der Waals surface area contributed by atoms with E-state index in [1.165, 1.54) is 13.0 Å². The van der Waals surface area contributed by atoms with Crippen molar-refractivity contribution >= 4 is 17.4 Å². The van der Waals surface area contributed by atoms with Crippen molar-refractivity contribution in [1.82, 2.24) is 0 Å². The Balaban J connectivity index is 2.59. The maximum Gasteiger partial charge on any atom is 0.212 e. The average Bonchev–Trinajstić information content (AvgIpc) is 2.32. The van der Waals surface area contributed by atoms with Gasteiger partial charge in [-0.2, -0.15) is 0 Å². The third-order valence-corrected chi connectivity index (χ3v) is 3.14. The van der Waals surface area contributed by atoms with Gasteiger partial charge in [-0.3, -0.25) is 9.59 Å². The van der Waals surface area contributed by atoms with Gasteiger partial charge in [0.2, 0.25) is 5.88 Å². The van der Waals surface area contributed by atoms with E-state index in [0.29, 0.717) is 5.76 Å². The molecule has 0 saturated carbocycles. The van der Waals surface area contributed by atoms with Crippen LogP contribution in [0.3, 0.4) is 0 Å². The van der Waals surface area contributed by atoms with Gasteiger partial charge in [0, 0.05) is 11.8 Å². The predicted molar refractivity (Wildman–Crippen MR) is 78.9 cm³/mol. The largest absolute Gasteiger partial charge is 0.445 e. The van der Waals surface area contributed by atoms with Crippen LogP contribution >= 0.6 is 0 Å². The van der Waals surface area contributed by atoms with E-state index in [0.717, 1.165) is 16.8 Å². The van der Waals surface area contributed by atoms with Crippen LogP contribution in [0, 0.1) is 20.8 Å². The van der Waals surface area contributed by atoms with E-state index in [4.69, 9.17) is 4.42 Å². The van der Waals surface area contributed by atoms with Crippen molar-refractivity contribution in [2.24, 2.45) is 0 Å². The summed E-state index contributed by atoms with van der Waals surface area (Å²) in [6.45, 7) is 6.95. The smallest absolute Gasteiger partial charge is 0.212 e. The highest BCUT2D eigenvalue weighted by atomic mass is 16.4. The van der Waals surface area contributed by atoms with Crippen molar-refractivity contribution in [1.29, 1.82) is 0 Å². The summed E-state index contributed by atoms with van der Waals surface area (Å²) < 4.78 is 5.53. The van der Waals surface area contributed by atoms with E-state index in [2.05, 4.69) is 5.32 Å². The standard InChI is InChI=1S/C16H17NO3/c1-9-6-5-7-10(2)15(9)17-16-14(12(4)18)13(19)8-11(3)20-16/h5-8,17H,1-4H3. The van der Waals surface area contributed by atoms with Gasteiger partial charge in [-0.15, -0.1) is 0 Å². The first-order valence-corrected chi connectivity index (χ1v) is 6.39. The van der Waals surface area contributed by atoms with Crippen LogP contribution < -0.4 is 10.7 Å². The third-order valence-electron chi connectivity index (χ3n) is 3.14. The molecule has 104 valence electrons. The van der Waals surface area contributed by atoms with Crippen LogP contribution in [0.1, 0.15) is 34.2 Å². The fourth-order valence-electron chi connectivity index (χ4n) is 2.16. The summed E-state index contributed by atoms with van der Waals surface area (Å²) in [6, 6.07) is 7.19. The monoisotopic (exact) mass is 271 g/mol. The third kappa shape index (κ3) is 2.64. The minimum atomic E-state index is -0.324. The molecule has 0 aliphatic heterocycles. The van der Waals surface area contributed by atoms with Crippen LogP contribution in [0.25, 0.3) is 0 Å². The van der Waals surface area contributed by atoms with Crippen LogP contribution in [0.2, 0.25) is 0 Å². The lowest BCUT2D eigenvalue weighted by molar-refractivity contribution is 0.101. The molecule has 4 nitrogen and oxygen atoms in total. The van der Waals surface area contributed by atoms with E-state index < -0.39 is 0 Å². The van der Waals surface area contributed by atoms with Gasteiger partial charge in [-0.05, 0) is 38.8 Å². The van der Waals surface area contributed by atoms with Crippen molar-refractivity contribution in [3.8, 4) is 0 Å². The minimum absolute atomic E-state index is 0.0539. The van der Waals surface area contributed by atoms with Gasteiger partial charge < -0.3 is 9.73 Å². The quantitative estimate of drug-likeness (QED) is 0.868. The summed E-state index contributed by atoms with van der Waals surface area (Å²) in [5.41, 5.74) is 2.62. The van der Waals surface area contributed by atoms with Crippen molar-refractivity contribution in [3.05, 3.63) is 56.9 Å². The lowest BCUT2D eigenvalue weighted by Crippen LogP contribution is -2.15. The normalized spacial score (nSPS) is 10.4. The highest BCUT2D eigenvalue weighted by Gasteiger charge is 2.16. The van der Waals surface area contributed by atoms with E-state index in [9.17, 15) is 9.59 Å². The molecule has 1 heterocycles. The number of hydrogen-bond donors (Lipinski definition) is 1. The zero-order valence-corrected chi connectivity index (χ0v) is 12.0. The number of ketones is 1. The van der Waals surface area contributed by atoms with Crippen LogP contribution in [-0.2, 0) is 0 Å². The first-order chi connectivity index (χ1) is 9.40. The molecule has 20 heavy (non-hydrogen) atoms. The molecule has 0 radical (unpaired) electrons. The van der Waals surface area contributed by atoms with Gasteiger partial charge >= 0.3 is 0 Å². The van der Waals surface area contributed by atoms with Gasteiger partial charge in [-0.25, -0.2) is 0 Å². The molecule has 1 aromatic heterocycles. The number of aryl methyl sites for hydroxylation is 3. The molecule has 1 aromatic carbocycles. The summed E-state index contributed by atoms with van der Waals surface area (Å²) in [4.78, 5) is 23.6. The molecule has 2 aromatic rings. The van der Waals surface area contributed by atoms with Crippen LogP contribution in [0.15, 0.2) is 33.5 Å². The number of rotatable bonds is 3. The molecule has 0 saturated heterocycles. The number of carbonyl (C=O) groups is 1. The first kappa shape index (κ1) is 14.1. The fourth-order valence-corrected chi connectivity index (χ4v) is 2.16. The van der Waals surface area contributed by atoms with Gasteiger partial charge in [-0.1, -0.05) is 18.2 Å². The molecule has 0 spiro atoms. The van der Waals surface area contributed by atoms with Crippen molar-refractivity contribution in [2.45, 2.75) is 27.7 Å². The van der Waals surface area contributed by atoms with Crippen LogP contribution in [0.5, 0.6) is 0 Å². The summed E-state index contributed by atoms with van der Waals surface area (Å²) in [6.07, 6.45) is 0. The maximum atomic E-state index is 11.9. The molecule has 0 unspecified atom stereocenters. The van der Waals surface area contributed by atoms with E-state index in [-0.39, 0.29) is 22.7 Å². The zero-order chi connectivity index (χ0) is 14.9. The van der Waals surface area contributed by atoms with Crippen LogP contribution in [-0.4, -0.2) is 5.78 Å². The number of anilines is 2. The summed E-state index contributed by atoms with van der Waals surface area (Å²) in [7, 11) is 0. The zero-order valence-electron chi connectivity index (χ0n) is 12.0. The molecule has 0 amide bonds. The second-order valence-electron chi connectivity index (χ2n) is 4.87. The Morgan fingerprint density at radius 1 is 1.15 bits per heavy atom. The van der Waals surface area contributed by atoms with Crippen molar-refractivity contribution in [2.75, 3.05) is 5.32 Å². The summed E-state index contributed by atoms with van der Waals surface area (Å²) >= 11 is 0. The number of carbonyl (C=O) groups excluding carboxylic acids is 1. The van der Waals surface area contributed by atoms with E-state index >= 15 is 0 Å². The molecule has 0 bridgehead atoms. The Kier molecular flexibility index (Phi) is 3.74. The summed E-state index contributed by atoms with van der Waals surface area (Å²) in [5.74, 6) is 0.362. The highest BCUT2D eigenvalue weighted by molar-refractivity contribution is 5.98. The second-order valence-corrected chi connectivity index (χ2v) is 4.87. The predicted octanol–water partition coefficient (Wildman–Crippen LogP) is 3.51. The Hall–Kier alpha value is -2.36. The van der Waals surface area contributed by atoms with E-state index in [1.807, 2.05) is 32.0 Å². The number of nitrogens with one attached hydrogen (secondary N) is 1. The Bertz CT molecular complexity index is 709. The molecule has 0 atom stereocenters. The van der Waals surface area contributed by atoms with E-state index in [1.54, 1.807) is 6.92 Å². The SMILES string of the molecule is CC(=O)c1c(Nc2c(C)cccc2C)oc(C)cc1=O. The van der Waals surface area contributed by atoms with Gasteiger partial charge in [0.1, 0.15) is 11.3 Å². The van der Waals surface area contributed by atoms with Crippen molar-refractivity contribution in [3.63, 3.8) is 0 Å². The fraction of sp³-hybridized carbons (Fsp3) is 0.250. The highest BCUT2D eigenvalue weighted by Crippen LogP contribution is 2.26. The first-order valence-electron chi connectivity index (χ1n) is 6.39. The number of benzene rings is 1. The molecule has 0 aliphatic rings. The molecule has 0 fully saturated rings. The minimum Gasteiger partial charge on any atom is -0.445 e. The number of para-hydroxylation sites is 1. The number of Topliss-reactive ketones (excluding diaryl/α,β-unsaturated/α-hetero) is 1. The molecule has 0 aliphatic carbocycles. The molecule has 1 N–H and O–H groups in total. The maximum absolute atomic E-state index is 11.9. The number of hydrogen-bond acceptors (Lipinski definition) is 4. The van der Waals surface area contributed by atoms with Crippen molar-refractivity contribution < 1.29 is 9.21 Å². The Morgan fingerprint density at radius 3 is 2.30 bits per heavy atom. The lowest BCUT2D eigenvalue weighted by Gasteiger charge is -2.13. The topological polar surface area (TPSA) is 59.3 Å². The Morgan fingerprint density at radius 2 is 1.75 bits per heavy atom. The van der Waals surface area contributed by atoms with Gasteiger partial charge in [0.15, 0.2) is 11.2 Å². The summed E-state index contributed by atoms with van der Waals surface area (Å²) in [5, 5.41) is 3.08. The Labute approximate surface area is 117 Å². The molecule has 2 rings (SSSR count). The molecular weight excluding hydrogens is 254 g/mol. The lowest BCUT2D eigenvalue weighted by atomic mass is 10.1. The van der Waals surface area contributed by atoms with Crippen LogP contribution in [0.4, 0.5) is 11.6 Å². The molecule has 4 heteroatoms.